The fourth-order valence-electron chi connectivity index (χ4n) is 1.55. The van der Waals surface area contributed by atoms with Crippen LogP contribution in [0, 0.1) is 0 Å². The number of benzene rings is 1. The van der Waals surface area contributed by atoms with Gasteiger partial charge in [0.05, 0.1) is 6.10 Å². The summed E-state index contributed by atoms with van der Waals surface area (Å²) >= 11 is 0. The van der Waals surface area contributed by atoms with Crippen LogP contribution < -0.4 is 0 Å². The van der Waals surface area contributed by atoms with Crippen molar-refractivity contribution in [1.82, 2.24) is 0 Å². The van der Waals surface area contributed by atoms with Crippen molar-refractivity contribution in [1.29, 1.82) is 0 Å². The van der Waals surface area contributed by atoms with Gasteiger partial charge in [0, 0.05) is 19.2 Å². The van der Waals surface area contributed by atoms with Gasteiger partial charge >= 0.3 is 5.97 Å². The Balaban J connectivity index is 2.15. The van der Waals surface area contributed by atoms with Crippen LogP contribution in [0.25, 0.3) is 0 Å². The third kappa shape index (κ3) is 6.18. The third-order valence-corrected chi connectivity index (χ3v) is 2.56. The molecule has 0 aromatic heterocycles. The highest BCUT2D eigenvalue weighted by Crippen LogP contribution is 2.03. The van der Waals surface area contributed by atoms with E-state index in [0.29, 0.717) is 6.42 Å². The lowest BCUT2D eigenvalue weighted by molar-refractivity contribution is -0.148. The SMILES string of the molecule is CCC(=O)OC(C)CCCN=Cc1ccccc1. The Bertz CT molecular complexity index is 373. The molecule has 18 heavy (non-hydrogen) atoms. The lowest BCUT2D eigenvalue weighted by Crippen LogP contribution is -2.14. The van der Waals surface area contributed by atoms with Gasteiger partial charge in [0.1, 0.15) is 0 Å². The van der Waals surface area contributed by atoms with Crippen molar-refractivity contribution < 1.29 is 9.53 Å². The molecule has 98 valence electrons. The highest BCUT2D eigenvalue weighted by atomic mass is 16.5. The predicted molar refractivity (Wildman–Crippen MR) is 74.0 cm³/mol. The molecular formula is C15H21NO2. The quantitative estimate of drug-likeness (QED) is 0.421. The zero-order valence-electron chi connectivity index (χ0n) is 11.1. The summed E-state index contributed by atoms with van der Waals surface area (Å²) < 4.78 is 5.17. The van der Waals surface area contributed by atoms with E-state index >= 15 is 0 Å². The number of rotatable bonds is 7. The molecule has 0 aliphatic heterocycles. The molecular weight excluding hydrogens is 226 g/mol. The summed E-state index contributed by atoms with van der Waals surface area (Å²) in [6, 6.07) is 10.0. The monoisotopic (exact) mass is 247 g/mol. The maximum atomic E-state index is 11.0. The van der Waals surface area contributed by atoms with Crippen molar-refractivity contribution >= 4 is 12.2 Å². The molecule has 0 saturated heterocycles. The normalized spacial score (nSPS) is 12.6. The molecule has 0 heterocycles. The van der Waals surface area contributed by atoms with Crippen molar-refractivity contribution in [3.05, 3.63) is 35.9 Å². The third-order valence-electron chi connectivity index (χ3n) is 2.56. The summed E-state index contributed by atoms with van der Waals surface area (Å²) in [7, 11) is 0. The Morgan fingerprint density at radius 3 is 2.78 bits per heavy atom. The van der Waals surface area contributed by atoms with Gasteiger partial charge in [0.2, 0.25) is 0 Å². The molecule has 0 radical (unpaired) electrons. The summed E-state index contributed by atoms with van der Waals surface area (Å²) in [4.78, 5) is 15.4. The largest absolute Gasteiger partial charge is 0.463 e. The molecule has 0 fully saturated rings. The molecule has 1 atom stereocenters. The first-order valence-electron chi connectivity index (χ1n) is 6.46. The summed E-state index contributed by atoms with van der Waals surface area (Å²) in [5, 5.41) is 0. The van der Waals surface area contributed by atoms with Crippen LogP contribution in [-0.2, 0) is 9.53 Å². The number of ether oxygens (including phenoxy) is 1. The first-order chi connectivity index (χ1) is 8.72. The highest BCUT2D eigenvalue weighted by molar-refractivity contribution is 5.79. The first-order valence-corrected chi connectivity index (χ1v) is 6.46. The molecule has 0 N–H and O–H groups in total. The Labute approximate surface area is 109 Å². The minimum absolute atomic E-state index is 0.00984. The number of carbonyl (C=O) groups is 1. The molecule has 0 bridgehead atoms. The average molecular weight is 247 g/mol. The van der Waals surface area contributed by atoms with Gasteiger partial charge in [-0.05, 0) is 25.3 Å². The molecule has 0 aliphatic carbocycles. The number of aliphatic imine (C=N–C) groups is 1. The van der Waals surface area contributed by atoms with Gasteiger partial charge in [0.25, 0.3) is 0 Å². The van der Waals surface area contributed by atoms with Crippen molar-refractivity contribution in [2.75, 3.05) is 6.54 Å². The number of carbonyl (C=O) groups excluding carboxylic acids is 1. The van der Waals surface area contributed by atoms with E-state index in [0.717, 1.165) is 24.9 Å². The molecule has 3 nitrogen and oxygen atoms in total. The molecule has 0 aliphatic rings. The van der Waals surface area contributed by atoms with E-state index in [9.17, 15) is 4.79 Å². The van der Waals surface area contributed by atoms with Crippen LogP contribution in [0.3, 0.4) is 0 Å². The standard InChI is InChI=1S/C15H21NO2/c1-3-15(17)18-13(2)8-7-11-16-12-14-9-5-4-6-10-14/h4-6,9-10,12-13H,3,7-8,11H2,1-2H3. The molecule has 3 heteroatoms. The van der Waals surface area contributed by atoms with Gasteiger partial charge in [-0.15, -0.1) is 0 Å². The van der Waals surface area contributed by atoms with Gasteiger partial charge in [-0.1, -0.05) is 37.3 Å². The van der Waals surface area contributed by atoms with Gasteiger partial charge in [-0.3, -0.25) is 9.79 Å². The molecule has 1 aromatic carbocycles. The topological polar surface area (TPSA) is 38.7 Å². The zero-order valence-corrected chi connectivity index (χ0v) is 11.1. The van der Waals surface area contributed by atoms with Gasteiger partial charge in [-0.25, -0.2) is 0 Å². The van der Waals surface area contributed by atoms with Crippen LogP contribution >= 0.6 is 0 Å². The Morgan fingerprint density at radius 1 is 1.39 bits per heavy atom. The number of hydrogen-bond acceptors (Lipinski definition) is 3. The van der Waals surface area contributed by atoms with Crippen LogP contribution in [0.15, 0.2) is 35.3 Å². The number of esters is 1. The second-order valence-corrected chi connectivity index (χ2v) is 4.24. The summed E-state index contributed by atoms with van der Waals surface area (Å²) in [6.45, 7) is 4.50. The van der Waals surface area contributed by atoms with Crippen molar-refractivity contribution in [3.8, 4) is 0 Å². The average Bonchev–Trinajstić information content (AvgIpc) is 2.39. The Kier molecular flexibility index (Phi) is 6.77. The van der Waals surface area contributed by atoms with E-state index in [2.05, 4.69) is 4.99 Å². The summed E-state index contributed by atoms with van der Waals surface area (Å²) in [5.74, 6) is -0.129. The molecule has 0 spiro atoms. The zero-order chi connectivity index (χ0) is 13.2. The van der Waals surface area contributed by atoms with E-state index in [-0.39, 0.29) is 12.1 Å². The lowest BCUT2D eigenvalue weighted by atomic mass is 10.2. The van der Waals surface area contributed by atoms with E-state index < -0.39 is 0 Å². The first kappa shape index (κ1) is 14.4. The Morgan fingerprint density at radius 2 is 2.11 bits per heavy atom. The van der Waals surface area contributed by atoms with Crippen LogP contribution in [-0.4, -0.2) is 24.8 Å². The molecule has 0 amide bonds. The second-order valence-electron chi connectivity index (χ2n) is 4.24. The van der Waals surface area contributed by atoms with Crippen molar-refractivity contribution in [3.63, 3.8) is 0 Å². The minimum Gasteiger partial charge on any atom is -0.463 e. The number of hydrogen-bond donors (Lipinski definition) is 0. The predicted octanol–water partition coefficient (Wildman–Crippen LogP) is 3.23. The van der Waals surface area contributed by atoms with Crippen LogP contribution in [0.2, 0.25) is 0 Å². The van der Waals surface area contributed by atoms with Gasteiger partial charge in [0.15, 0.2) is 0 Å². The second kappa shape index (κ2) is 8.45. The molecule has 1 aromatic rings. The van der Waals surface area contributed by atoms with Crippen LogP contribution in [0.5, 0.6) is 0 Å². The minimum atomic E-state index is -0.129. The molecule has 1 rings (SSSR count). The van der Waals surface area contributed by atoms with Gasteiger partial charge in [-0.2, -0.15) is 0 Å². The van der Waals surface area contributed by atoms with Crippen molar-refractivity contribution in [2.24, 2.45) is 4.99 Å². The maximum Gasteiger partial charge on any atom is 0.305 e. The Hall–Kier alpha value is -1.64. The van der Waals surface area contributed by atoms with E-state index in [1.165, 1.54) is 0 Å². The number of nitrogens with zero attached hydrogens (tertiary/aromatic N) is 1. The highest BCUT2D eigenvalue weighted by Gasteiger charge is 2.06. The fourth-order valence-corrected chi connectivity index (χ4v) is 1.55. The van der Waals surface area contributed by atoms with Crippen LogP contribution in [0.4, 0.5) is 0 Å². The lowest BCUT2D eigenvalue weighted by Gasteiger charge is -2.11. The van der Waals surface area contributed by atoms with E-state index in [1.807, 2.05) is 43.5 Å². The van der Waals surface area contributed by atoms with E-state index in [4.69, 9.17) is 4.74 Å². The summed E-state index contributed by atoms with van der Waals surface area (Å²) in [5.41, 5.74) is 1.11. The summed E-state index contributed by atoms with van der Waals surface area (Å²) in [6.07, 6.45) is 4.10. The maximum absolute atomic E-state index is 11.0. The fraction of sp³-hybridized carbons (Fsp3) is 0.467. The van der Waals surface area contributed by atoms with Crippen LogP contribution in [0.1, 0.15) is 38.7 Å². The molecule has 1 unspecified atom stereocenters. The molecule has 0 saturated carbocycles. The smallest absolute Gasteiger partial charge is 0.305 e. The van der Waals surface area contributed by atoms with E-state index in [1.54, 1.807) is 6.92 Å². The van der Waals surface area contributed by atoms with Crippen molar-refractivity contribution in [2.45, 2.75) is 39.2 Å². The van der Waals surface area contributed by atoms with Gasteiger partial charge < -0.3 is 4.74 Å².